The Morgan fingerprint density at radius 1 is 1.33 bits per heavy atom. The van der Waals surface area contributed by atoms with E-state index < -0.39 is 0 Å². The topological polar surface area (TPSA) is 72.4 Å². The molecule has 0 bridgehead atoms. The van der Waals surface area contributed by atoms with Gasteiger partial charge >= 0.3 is 6.09 Å². The summed E-state index contributed by atoms with van der Waals surface area (Å²) in [6, 6.07) is 6.84. The van der Waals surface area contributed by atoms with E-state index in [9.17, 15) is 9.59 Å². The van der Waals surface area contributed by atoms with Crippen molar-refractivity contribution in [3.05, 3.63) is 47.0 Å². The molecule has 0 atom stereocenters. The molecule has 1 amide bonds. The molecule has 1 aliphatic heterocycles. The van der Waals surface area contributed by atoms with Crippen LogP contribution in [0, 0.1) is 0 Å². The number of carbonyl (C=O) groups is 2. The summed E-state index contributed by atoms with van der Waals surface area (Å²) in [5, 5.41) is 5.58. The van der Waals surface area contributed by atoms with Crippen LogP contribution in [-0.4, -0.2) is 34.6 Å². The van der Waals surface area contributed by atoms with Gasteiger partial charge in [-0.1, -0.05) is 4.49 Å². The third-order valence-corrected chi connectivity index (χ3v) is 3.53. The lowest BCUT2D eigenvalue weighted by Crippen LogP contribution is -2.23. The molecule has 0 aliphatic carbocycles. The van der Waals surface area contributed by atoms with Crippen LogP contribution in [0.15, 0.2) is 35.7 Å². The van der Waals surface area contributed by atoms with Crippen molar-refractivity contribution in [3.63, 3.8) is 0 Å². The van der Waals surface area contributed by atoms with E-state index >= 15 is 0 Å². The summed E-state index contributed by atoms with van der Waals surface area (Å²) in [5.74, 6) is -0.126. The second-order valence-electron chi connectivity index (χ2n) is 4.34. The summed E-state index contributed by atoms with van der Waals surface area (Å²) >= 11 is 1.23. The molecule has 21 heavy (non-hydrogen) atoms. The third kappa shape index (κ3) is 2.97. The molecule has 0 spiro atoms. The number of ketones is 1. The van der Waals surface area contributed by atoms with Gasteiger partial charge in [0.1, 0.15) is 6.61 Å². The maximum Gasteiger partial charge on any atom is 0.414 e. The van der Waals surface area contributed by atoms with E-state index in [4.69, 9.17) is 4.74 Å². The average molecular weight is 301 g/mol. The van der Waals surface area contributed by atoms with Crippen molar-refractivity contribution in [2.45, 2.75) is 0 Å². The fraction of sp³-hybridized carbons (Fsp3) is 0.143. The van der Waals surface area contributed by atoms with Crippen LogP contribution in [0.1, 0.15) is 16.1 Å². The maximum atomic E-state index is 12.0. The van der Waals surface area contributed by atoms with Crippen LogP contribution in [0.2, 0.25) is 0 Å². The van der Waals surface area contributed by atoms with E-state index in [1.807, 2.05) is 0 Å². The van der Waals surface area contributed by atoms with E-state index in [1.54, 1.807) is 35.7 Å². The molecule has 2 aromatic rings. The Bertz CT molecular complexity index is 680. The number of rotatable bonds is 4. The standard InChI is InChI=1S/C14H11N3O3S/c18-13(6-3-11-9-21-16-15-11)10-1-4-12(5-2-10)17-7-8-20-14(17)19/h1-6,9H,7-8H2. The summed E-state index contributed by atoms with van der Waals surface area (Å²) in [6.45, 7) is 0.923. The summed E-state index contributed by atoms with van der Waals surface area (Å²) < 4.78 is 8.59. The molecule has 106 valence electrons. The zero-order valence-corrected chi connectivity index (χ0v) is 11.7. The van der Waals surface area contributed by atoms with Crippen molar-refractivity contribution in [1.29, 1.82) is 0 Å². The van der Waals surface area contributed by atoms with Gasteiger partial charge in [-0.05, 0) is 47.9 Å². The molecule has 0 N–H and O–H groups in total. The molecule has 1 aromatic carbocycles. The van der Waals surface area contributed by atoms with Crippen LogP contribution in [-0.2, 0) is 4.74 Å². The van der Waals surface area contributed by atoms with E-state index in [2.05, 4.69) is 9.59 Å². The molecular formula is C14H11N3O3S. The van der Waals surface area contributed by atoms with E-state index in [0.717, 1.165) is 5.69 Å². The molecule has 2 heterocycles. The SMILES string of the molecule is O=C(C=Cc1csnn1)c1ccc(N2CCOC2=O)cc1. The van der Waals surface area contributed by atoms with Crippen molar-refractivity contribution in [2.24, 2.45) is 0 Å². The van der Waals surface area contributed by atoms with Crippen LogP contribution < -0.4 is 4.90 Å². The highest BCUT2D eigenvalue weighted by Crippen LogP contribution is 2.19. The smallest absolute Gasteiger partial charge is 0.414 e. The van der Waals surface area contributed by atoms with Gasteiger partial charge in [0.2, 0.25) is 0 Å². The van der Waals surface area contributed by atoms with Gasteiger partial charge in [-0.2, -0.15) is 0 Å². The number of carbonyl (C=O) groups excluding carboxylic acids is 2. The number of hydrogen-bond donors (Lipinski definition) is 0. The van der Waals surface area contributed by atoms with Crippen molar-refractivity contribution >= 4 is 35.2 Å². The van der Waals surface area contributed by atoms with Gasteiger partial charge in [0.15, 0.2) is 5.78 Å². The zero-order chi connectivity index (χ0) is 14.7. The van der Waals surface area contributed by atoms with E-state index in [1.165, 1.54) is 22.5 Å². The van der Waals surface area contributed by atoms with Crippen LogP contribution >= 0.6 is 11.5 Å². The largest absolute Gasteiger partial charge is 0.447 e. The highest BCUT2D eigenvalue weighted by molar-refractivity contribution is 7.03. The Morgan fingerprint density at radius 3 is 2.76 bits per heavy atom. The fourth-order valence-corrected chi connectivity index (χ4v) is 2.36. The van der Waals surface area contributed by atoms with Gasteiger partial charge < -0.3 is 4.74 Å². The zero-order valence-electron chi connectivity index (χ0n) is 10.9. The molecule has 1 fully saturated rings. The normalized spacial score (nSPS) is 14.7. The molecule has 0 unspecified atom stereocenters. The van der Waals surface area contributed by atoms with Crippen LogP contribution in [0.5, 0.6) is 0 Å². The van der Waals surface area contributed by atoms with Crippen LogP contribution in [0.4, 0.5) is 10.5 Å². The van der Waals surface area contributed by atoms with Crippen LogP contribution in [0.25, 0.3) is 6.08 Å². The number of nitrogens with zero attached hydrogens (tertiary/aromatic N) is 3. The first-order valence-electron chi connectivity index (χ1n) is 6.28. The first-order chi connectivity index (χ1) is 10.2. The van der Waals surface area contributed by atoms with E-state index in [0.29, 0.717) is 24.4 Å². The van der Waals surface area contributed by atoms with Gasteiger partial charge in [0.05, 0.1) is 12.2 Å². The number of allylic oxidation sites excluding steroid dienone is 1. The quantitative estimate of drug-likeness (QED) is 0.640. The molecule has 1 aliphatic rings. The first-order valence-corrected chi connectivity index (χ1v) is 7.11. The molecule has 1 aromatic heterocycles. The minimum absolute atomic E-state index is 0.126. The lowest BCUT2D eigenvalue weighted by atomic mass is 10.1. The molecule has 7 heteroatoms. The number of anilines is 1. The Labute approximate surface area is 124 Å². The van der Waals surface area contributed by atoms with Crippen molar-refractivity contribution in [3.8, 4) is 0 Å². The van der Waals surface area contributed by atoms with E-state index in [-0.39, 0.29) is 11.9 Å². The lowest BCUT2D eigenvalue weighted by Gasteiger charge is -2.12. The molecule has 0 saturated carbocycles. The molecule has 0 radical (unpaired) electrons. The van der Waals surface area contributed by atoms with Gasteiger partial charge in [-0.15, -0.1) is 5.10 Å². The summed E-state index contributed by atoms with van der Waals surface area (Å²) in [6.07, 6.45) is 2.72. The number of aromatic nitrogens is 2. The minimum atomic E-state index is -0.356. The van der Waals surface area contributed by atoms with Gasteiger partial charge in [0.25, 0.3) is 0 Å². The summed E-state index contributed by atoms with van der Waals surface area (Å²) in [4.78, 5) is 25.0. The molecular weight excluding hydrogens is 290 g/mol. The fourth-order valence-electron chi connectivity index (χ4n) is 1.94. The van der Waals surface area contributed by atoms with Crippen LogP contribution in [0.3, 0.4) is 0 Å². The monoisotopic (exact) mass is 301 g/mol. The predicted molar refractivity (Wildman–Crippen MR) is 78.4 cm³/mol. The summed E-state index contributed by atoms with van der Waals surface area (Å²) in [5.41, 5.74) is 1.93. The van der Waals surface area contributed by atoms with Gasteiger partial charge in [-0.3, -0.25) is 9.69 Å². The lowest BCUT2D eigenvalue weighted by molar-refractivity contribution is 0.104. The maximum absolute atomic E-state index is 12.0. The second-order valence-corrected chi connectivity index (χ2v) is 4.95. The third-order valence-electron chi connectivity index (χ3n) is 3.01. The Morgan fingerprint density at radius 2 is 2.14 bits per heavy atom. The van der Waals surface area contributed by atoms with Gasteiger partial charge in [0, 0.05) is 16.6 Å². The number of benzene rings is 1. The number of ether oxygens (including phenoxy) is 1. The Balaban J connectivity index is 1.71. The average Bonchev–Trinajstić information content (AvgIpc) is 3.16. The van der Waals surface area contributed by atoms with Crippen molar-refractivity contribution in [1.82, 2.24) is 9.59 Å². The first kappa shape index (κ1) is 13.4. The highest BCUT2D eigenvalue weighted by atomic mass is 32.1. The predicted octanol–water partition coefficient (Wildman–Crippen LogP) is 2.39. The number of hydrogen-bond acceptors (Lipinski definition) is 6. The van der Waals surface area contributed by atoms with Crippen molar-refractivity contribution in [2.75, 3.05) is 18.1 Å². The molecule has 3 rings (SSSR count). The minimum Gasteiger partial charge on any atom is -0.447 e. The second kappa shape index (κ2) is 5.84. The molecule has 1 saturated heterocycles. The Hall–Kier alpha value is -2.54. The Kier molecular flexibility index (Phi) is 3.74. The molecule has 6 nitrogen and oxygen atoms in total. The summed E-state index contributed by atoms with van der Waals surface area (Å²) in [7, 11) is 0. The number of amides is 1. The highest BCUT2D eigenvalue weighted by Gasteiger charge is 2.23. The number of cyclic esters (lactones) is 1. The van der Waals surface area contributed by atoms with Gasteiger partial charge in [-0.25, -0.2) is 4.79 Å². The van der Waals surface area contributed by atoms with Crippen molar-refractivity contribution < 1.29 is 14.3 Å².